The maximum absolute atomic E-state index is 9.63. The first-order chi connectivity index (χ1) is 10.3. The second-order valence-corrected chi connectivity index (χ2v) is 7.00. The van der Waals surface area contributed by atoms with Gasteiger partial charge >= 0.3 is 0 Å². The zero-order valence-electron chi connectivity index (χ0n) is 12.8. The highest BCUT2D eigenvalue weighted by Gasteiger charge is 2.27. The van der Waals surface area contributed by atoms with E-state index >= 15 is 0 Å². The van der Waals surface area contributed by atoms with Gasteiger partial charge in [-0.3, -0.25) is 0 Å². The Hall–Kier alpha value is -0.550. The van der Waals surface area contributed by atoms with Gasteiger partial charge in [0.2, 0.25) is 0 Å². The summed E-state index contributed by atoms with van der Waals surface area (Å²) in [4.78, 5) is 0. The fraction of sp³-hybridized carbons (Fsp3) is 0.647. The lowest BCUT2D eigenvalue weighted by atomic mass is 9.99. The van der Waals surface area contributed by atoms with Gasteiger partial charge < -0.3 is 15.5 Å². The predicted molar refractivity (Wildman–Crippen MR) is 89.8 cm³/mol. The second-order valence-electron chi connectivity index (χ2n) is 5.73. The maximum atomic E-state index is 9.63. The lowest BCUT2D eigenvalue weighted by Gasteiger charge is -2.28. The fourth-order valence-corrected chi connectivity index (χ4v) is 4.28. The third-order valence-corrected chi connectivity index (χ3v) is 5.54. The van der Waals surface area contributed by atoms with Crippen LogP contribution in [0.2, 0.25) is 0 Å². The Morgan fingerprint density at radius 3 is 2.95 bits per heavy atom. The average molecular weight is 309 g/mol. The molecule has 0 heterocycles. The molecule has 0 spiro atoms. The molecule has 0 saturated carbocycles. The number of thioether (sulfide) groups is 1. The topological polar surface area (TPSA) is 52.5 Å². The minimum atomic E-state index is -0.611. The van der Waals surface area contributed by atoms with Crippen molar-refractivity contribution in [3.63, 3.8) is 0 Å². The Bertz CT molecular complexity index is 427. The Morgan fingerprint density at radius 2 is 2.19 bits per heavy atom. The van der Waals surface area contributed by atoms with Crippen LogP contribution >= 0.6 is 11.8 Å². The van der Waals surface area contributed by atoms with Gasteiger partial charge in [0.15, 0.2) is 0 Å². The van der Waals surface area contributed by atoms with Gasteiger partial charge in [-0.25, -0.2) is 0 Å². The molecule has 0 saturated heterocycles. The Kier molecular flexibility index (Phi) is 7.04. The molecule has 118 valence electrons. The SMILES string of the molecule is CCCNC1c2ccccc2CCCC1SCC(O)CO. The van der Waals surface area contributed by atoms with Crippen LogP contribution in [0.4, 0.5) is 0 Å². The number of aliphatic hydroxyl groups excluding tert-OH is 2. The normalized spacial score (nSPS) is 23.4. The summed E-state index contributed by atoms with van der Waals surface area (Å²) in [6.07, 6.45) is 3.99. The average Bonchev–Trinajstić information content (AvgIpc) is 2.69. The zero-order valence-corrected chi connectivity index (χ0v) is 13.6. The van der Waals surface area contributed by atoms with E-state index in [1.165, 1.54) is 17.5 Å². The molecule has 0 bridgehead atoms. The number of fused-ring (bicyclic) bond motifs is 1. The smallest absolute Gasteiger partial charge is 0.0861 e. The van der Waals surface area contributed by atoms with Gasteiger partial charge in [0.25, 0.3) is 0 Å². The van der Waals surface area contributed by atoms with E-state index in [1.807, 2.05) is 0 Å². The van der Waals surface area contributed by atoms with Gasteiger partial charge in [-0.15, -0.1) is 0 Å². The van der Waals surface area contributed by atoms with Crippen molar-refractivity contribution < 1.29 is 10.2 Å². The number of hydrogen-bond acceptors (Lipinski definition) is 4. The van der Waals surface area contributed by atoms with E-state index < -0.39 is 6.10 Å². The van der Waals surface area contributed by atoms with Crippen molar-refractivity contribution in [1.82, 2.24) is 5.32 Å². The molecule has 3 N–H and O–H groups in total. The van der Waals surface area contributed by atoms with Crippen LogP contribution in [0.3, 0.4) is 0 Å². The number of nitrogens with one attached hydrogen (secondary N) is 1. The van der Waals surface area contributed by atoms with E-state index in [0.29, 0.717) is 17.0 Å². The molecule has 2 rings (SSSR count). The molecule has 3 nitrogen and oxygen atoms in total. The van der Waals surface area contributed by atoms with Gasteiger partial charge in [-0.2, -0.15) is 11.8 Å². The van der Waals surface area contributed by atoms with Crippen LogP contribution < -0.4 is 5.32 Å². The first-order valence-corrected chi connectivity index (χ1v) is 9.02. The summed E-state index contributed by atoms with van der Waals surface area (Å²) in [5.74, 6) is 0.605. The van der Waals surface area contributed by atoms with Crippen LogP contribution in [-0.2, 0) is 6.42 Å². The quantitative estimate of drug-likeness (QED) is 0.678. The third kappa shape index (κ3) is 4.71. The number of aryl methyl sites for hydroxylation is 1. The Labute approximate surface area is 132 Å². The summed E-state index contributed by atoms with van der Waals surface area (Å²) < 4.78 is 0. The molecule has 0 aliphatic heterocycles. The first-order valence-electron chi connectivity index (χ1n) is 7.98. The van der Waals surface area contributed by atoms with E-state index in [0.717, 1.165) is 25.8 Å². The molecule has 1 aliphatic rings. The molecular weight excluding hydrogens is 282 g/mol. The van der Waals surface area contributed by atoms with Crippen molar-refractivity contribution in [3.05, 3.63) is 35.4 Å². The van der Waals surface area contributed by atoms with E-state index in [1.54, 1.807) is 11.8 Å². The van der Waals surface area contributed by atoms with Crippen molar-refractivity contribution in [3.8, 4) is 0 Å². The van der Waals surface area contributed by atoms with Crippen LogP contribution in [0.5, 0.6) is 0 Å². The van der Waals surface area contributed by atoms with Crippen molar-refractivity contribution in [2.75, 3.05) is 18.9 Å². The van der Waals surface area contributed by atoms with E-state index in [4.69, 9.17) is 5.11 Å². The lowest BCUT2D eigenvalue weighted by molar-refractivity contribution is 0.113. The summed E-state index contributed by atoms with van der Waals surface area (Å²) >= 11 is 1.79. The van der Waals surface area contributed by atoms with E-state index in [2.05, 4.69) is 36.5 Å². The fourth-order valence-electron chi connectivity index (χ4n) is 2.93. The number of aliphatic hydroxyl groups is 2. The lowest BCUT2D eigenvalue weighted by Crippen LogP contribution is -2.31. The predicted octanol–water partition coefficient (Wildman–Crippen LogP) is 2.52. The summed E-state index contributed by atoms with van der Waals surface area (Å²) in [6, 6.07) is 9.07. The van der Waals surface area contributed by atoms with Gasteiger partial charge in [-0.05, 0) is 43.4 Å². The minimum Gasteiger partial charge on any atom is -0.394 e. The third-order valence-electron chi connectivity index (χ3n) is 4.02. The molecule has 0 amide bonds. The van der Waals surface area contributed by atoms with Crippen molar-refractivity contribution in [2.45, 2.75) is 50.0 Å². The Balaban J connectivity index is 2.14. The summed E-state index contributed by atoms with van der Waals surface area (Å²) in [6.45, 7) is 3.05. The Morgan fingerprint density at radius 1 is 1.38 bits per heavy atom. The summed E-state index contributed by atoms with van der Waals surface area (Å²) in [5.41, 5.74) is 2.87. The second kappa shape index (κ2) is 8.79. The molecule has 3 unspecified atom stereocenters. The first kappa shape index (κ1) is 16.8. The molecule has 4 heteroatoms. The molecular formula is C17H27NO2S. The number of benzene rings is 1. The molecule has 21 heavy (non-hydrogen) atoms. The summed E-state index contributed by atoms with van der Waals surface area (Å²) in [7, 11) is 0. The summed E-state index contributed by atoms with van der Waals surface area (Å²) in [5, 5.41) is 22.8. The van der Waals surface area contributed by atoms with Gasteiger partial charge in [0.1, 0.15) is 0 Å². The van der Waals surface area contributed by atoms with Crippen LogP contribution in [0, 0.1) is 0 Å². The molecule has 1 aromatic rings. The highest BCUT2D eigenvalue weighted by atomic mass is 32.2. The van der Waals surface area contributed by atoms with E-state index in [-0.39, 0.29) is 6.61 Å². The standard InChI is InChI=1S/C17H27NO2S/c1-2-10-18-17-15-8-4-3-6-13(15)7-5-9-16(17)21-12-14(20)11-19/h3-4,6,8,14,16-20H,2,5,7,9-12H2,1H3. The molecule has 0 aromatic heterocycles. The van der Waals surface area contributed by atoms with Gasteiger partial charge in [0, 0.05) is 17.0 Å². The van der Waals surface area contributed by atoms with Crippen LogP contribution in [0.1, 0.15) is 43.4 Å². The van der Waals surface area contributed by atoms with Gasteiger partial charge in [0.05, 0.1) is 12.7 Å². The van der Waals surface area contributed by atoms with Crippen molar-refractivity contribution in [2.24, 2.45) is 0 Å². The molecule has 1 aromatic carbocycles. The molecule has 0 fully saturated rings. The number of rotatable bonds is 7. The largest absolute Gasteiger partial charge is 0.394 e. The molecule has 1 aliphatic carbocycles. The molecule has 3 atom stereocenters. The van der Waals surface area contributed by atoms with Crippen LogP contribution in [0.15, 0.2) is 24.3 Å². The van der Waals surface area contributed by atoms with Crippen molar-refractivity contribution >= 4 is 11.8 Å². The monoisotopic (exact) mass is 309 g/mol. The highest BCUT2D eigenvalue weighted by molar-refractivity contribution is 8.00. The van der Waals surface area contributed by atoms with Crippen LogP contribution in [-0.4, -0.2) is 40.5 Å². The maximum Gasteiger partial charge on any atom is 0.0861 e. The molecule has 0 radical (unpaired) electrons. The zero-order chi connectivity index (χ0) is 15.1. The minimum absolute atomic E-state index is 0.149. The van der Waals surface area contributed by atoms with Gasteiger partial charge in [-0.1, -0.05) is 31.2 Å². The number of hydrogen-bond donors (Lipinski definition) is 3. The van der Waals surface area contributed by atoms with Crippen LogP contribution in [0.25, 0.3) is 0 Å². The van der Waals surface area contributed by atoms with E-state index in [9.17, 15) is 5.11 Å². The highest BCUT2D eigenvalue weighted by Crippen LogP contribution is 2.36. The van der Waals surface area contributed by atoms with Crippen molar-refractivity contribution in [1.29, 1.82) is 0 Å².